The van der Waals surface area contributed by atoms with Crippen LogP contribution < -0.4 is 0 Å². The van der Waals surface area contributed by atoms with E-state index in [0.29, 0.717) is 0 Å². The number of hydrogen-bond acceptors (Lipinski definition) is 4. The van der Waals surface area contributed by atoms with Crippen molar-refractivity contribution in [1.82, 2.24) is 4.90 Å². The monoisotopic (exact) mass is 272 g/mol. The van der Waals surface area contributed by atoms with E-state index in [-0.39, 0.29) is 28.7 Å². The van der Waals surface area contributed by atoms with E-state index in [4.69, 9.17) is 11.6 Å². The first kappa shape index (κ1) is 14.4. The van der Waals surface area contributed by atoms with Crippen molar-refractivity contribution >= 4 is 23.2 Å². The van der Waals surface area contributed by atoms with Gasteiger partial charge in [0.05, 0.1) is 11.0 Å². The predicted octanol–water partition coefficient (Wildman–Crippen LogP) is 1.70. The zero-order chi connectivity index (χ0) is 13.9. The number of nitro groups is 1. The molecule has 1 atom stereocenters. The summed E-state index contributed by atoms with van der Waals surface area (Å²) in [6.07, 6.45) is -0.646. The Morgan fingerprint density at radius 1 is 1.61 bits per heavy atom. The number of rotatable bonds is 4. The number of halogens is 1. The van der Waals surface area contributed by atoms with Crippen LogP contribution in [0.1, 0.15) is 17.3 Å². The summed E-state index contributed by atoms with van der Waals surface area (Å²) < 4.78 is 0. The standard InChI is InChI=1S/C11H13ClN2O4/c1-7(15)6-13(2)11(16)8-3-4-10(14(17)18)9(12)5-8/h3-5,7,15H,6H2,1-2H3. The minimum atomic E-state index is -0.646. The van der Waals surface area contributed by atoms with Gasteiger partial charge in [-0.25, -0.2) is 0 Å². The molecule has 0 bridgehead atoms. The molecule has 1 unspecified atom stereocenters. The highest BCUT2D eigenvalue weighted by Gasteiger charge is 2.18. The van der Waals surface area contributed by atoms with Gasteiger partial charge in [-0.15, -0.1) is 0 Å². The molecule has 1 aromatic carbocycles. The summed E-state index contributed by atoms with van der Waals surface area (Å²) >= 11 is 5.72. The van der Waals surface area contributed by atoms with Crippen molar-refractivity contribution in [2.45, 2.75) is 13.0 Å². The maximum Gasteiger partial charge on any atom is 0.287 e. The van der Waals surface area contributed by atoms with Crippen molar-refractivity contribution < 1.29 is 14.8 Å². The maximum absolute atomic E-state index is 11.9. The molecule has 18 heavy (non-hydrogen) atoms. The molecule has 7 heteroatoms. The van der Waals surface area contributed by atoms with Crippen LogP contribution in [-0.2, 0) is 0 Å². The molecule has 0 aliphatic heterocycles. The lowest BCUT2D eigenvalue weighted by atomic mass is 10.2. The van der Waals surface area contributed by atoms with Gasteiger partial charge in [-0.2, -0.15) is 0 Å². The third-order valence-corrected chi connectivity index (χ3v) is 2.58. The number of likely N-dealkylation sites (N-methyl/N-ethyl adjacent to an activating group) is 1. The van der Waals surface area contributed by atoms with E-state index < -0.39 is 11.0 Å². The van der Waals surface area contributed by atoms with Crippen molar-refractivity contribution in [3.05, 3.63) is 38.9 Å². The smallest absolute Gasteiger partial charge is 0.287 e. The maximum atomic E-state index is 11.9. The van der Waals surface area contributed by atoms with Crippen molar-refractivity contribution in [2.75, 3.05) is 13.6 Å². The quantitative estimate of drug-likeness (QED) is 0.668. The molecule has 1 aromatic rings. The zero-order valence-corrected chi connectivity index (χ0v) is 10.7. The molecule has 0 saturated carbocycles. The molecule has 6 nitrogen and oxygen atoms in total. The SMILES string of the molecule is CC(O)CN(C)C(=O)c1ccc([N+](=O)[O-])c(Cl)c1. The van der Waals surface area contributed by atoms with Crippen molar-refractivity contribution in [2.24, 2.45) is 0 Å². The van der Waals surface area contributed by atoms with Crippen LogP contribution in [0.5, 0.6) is 0 Å². The Morgan fingerprint density at radius 2 is 2.22 bits per heavy atom. The summed E-state index contributed by atoms with van der Waals surface area (Å²) in [4.78, 5) is 23.2. The van der Waals surface area contributed by atoms with Gasteiger partial charge in [0.25, 0.3) is 11.6 Å². The van der Waals surface area contributed by atoms with E-state index >= 15 is 0 Å². The second-order valence-electron chi connectivity index (χ2n) is 3.96. The summed E-state index contributed by atoms with van der Waals surface area (Å²) in [6, 6.07) is 3.78. The largest absolute Gasteiger partial charge is 0.392 e. The second-order valence-corrected chi connectivity index (χ2v) is 4.37. The lowest BCUT2D eigenvalue weighted by Gasteiger charge is -2.18. The molecular weight excluding hydrogens is 260 g/mol. The van der Waals surface area contributed by atoms with Crippen LogP contribution in [0.2, 0.25) is 5.02 Å². The number of nitrogens with zero attached hydrogens (tertiary/aromatic N) is 2. The third-order valence-electron chi connectivity index (χ3n) is 2.28. The summed E-state index contributed by atoms with van der Waals surface area (Å²) in [5, 5.41) is 19.7. The molecule has 0 heterocycles. The Kier molecular flexibility index (Phi) is 4.63. The number of carbonyl (C=O) groups excluding carboxylic acids is 1. The van der Waals surface area contributed by atoms with Gasteiger partial charge in [0.15, 0.2) is 0 Å². The Balaban J connectivity index is 2.94. The average Bonchev–Trinajstić information content (AvgIpc) is 2.26. The number of benzene rings is 1. The summed E-state index contributed by atoms with van der Waals surface area (Å²) in [7, 11) is 1.53. The molecular formula is C11H13ClN2O4. The lowest BCUT2D eigenvalue weighted by Crippen LogP contribution is -2.33. The van der Waals surface area contributed by atoms with Crippen LogP contribution >= 0.6 is 11.6 Å². The highest BCUT2D eigenvalue weighted by Crippen LogP contribution is 2.25. The van der Waals surface area contributed by atoms with E-state index in [0.717, 1.165) is 0 Å². The molecule has 1 amide bonds. The Morgan fingerprint density at radius 3 is 2.67 bits per heavy atom. The van der Waals surface area contributed by atoms with Crippen molar-refractivity contribution in [3.63, 3.8) is 0 Å². The highest BCUT2D eigenvalue weighted by atomic mass is 35.5. The van der Waals surface area contributed by atoms with Gasteiger partial charge in [-0.3, -0.25) is 14.9 Å². The van der Waals surface area contributed by atoms with Gasteiger partial charge in [0, 0.05) is 25.2 Å². The van der Waals surface area contributed by atoms with E-state index in [1.54, 1.807) is 6.92 Å². The van der Waals surface area contributed by atoms with E-state index in [9.17, 15) is 20.0 Å². The number of carbonyl (C=O) groups is 1. The molecule has 0 aliphatic rings. The summed E-state index contributed by atoms with van der Waals surface area (Å²) in [5.41, 5.74) is 0.000135. The van der Waals surface area contributed by atoms with Gasteiger partial charge in [-0.05, 0) is 19.1 Å². The first-order valence-corrected chi connectivity index (χ1v) is 5.58. The molecule has 0 radical (unpaired) electrons. The van der Waals surface area contributed by atoms with Gasteiger partial charge in [-0.1, -0.05) is 11.6 Å². The molecule has 0 saturated heterocycles. The van der Waals surface area contributed by atoms with Gasteiger partial charge >= 0.3 is 0 Å². The van der Waals surface area contributed by atoms with E-state index in [1.165, 1.54) is 30.1 Å². The first-order chi connectivity index (χ1) is 8.32. The van der Waals surface area contributed by atoms with Crippen LogP contribution in [0, 0.1) is 10.1 Å². The predicted molar refractivity (Wildman–Crippen MR) is 66.7 cm³/mol. The minimum Gasteiger partial charge on any atom is -0.392 e. The van der Waals surface area contributed by atoms with Crippen LogP contribution in [-0.4, -0.2) is 40.5 Å². The third kappa shape index (κ3) is 3.41. The topological polar surface area (TPSA) is 83.7 Å². The highest BCUT2D eigenvalue weighted by molar-refractivity contribution is 6.33. The second kappa shape index (κ2) is 5.79. The molecule has 1 N–H and O–H groups in total. The molecule has 0 spiro atoms. The van der Waals surface area contributed by atoms with Gasteiger partial charge in [0.2, 0.25) is 0 Å². The Bertz CT molecular complexity index is 476. The van der Waals surface area contributed by atoms with Crippen molar-refractivity contribution in [1.29, 1.82) is 0 Å². The minimum absolute atomic E-state index is 0.0868. The van der Waals surface area contributed by atoms with Crippen molar-refractivity contribution in [3.8, 4) is 0 Å². The van der Waals surface area contributed by atoms with Gasteiger partial charge in [0.1, 0.15) is 5.02 Å². The summed E-state index contributed by atoms with van der Waals surface area (Å²) in [5.74, 6) is -0.354. The molecule has 0 aromatic heterocycles. The fourth-order valence-corrected chi connectivity index (χ4v) is 1.74. The molecule has 0 fully saturated rings. The number of nitro benzene ring substituents is 1. The Hall–Kier alpha value is -1.66. The molecule has 98 valence electrons. The number of amides is 1. The van der Waals surface area contributed by atoms with Gasteiger partial charge < -0.3 is 10.0 Å². The number of aliphatic hydroxyl groups is 1. The Labute approximate surface area is 109 Å². The molecule has 1 rings (SSSR count). The van der Waals surface area contributed by atoms with Crippen LogP contribution in [0.3, 0.4) is 0 Å². The fourth-order valence-electron chi connectivity index (χ4n) is 1.49. The van der Waals surface area contributed by atoms with Crippen LogP contribution in [0.25, 0.3) is 0 Å². The molecule has 0 aliphatic carbocycles. The van der Waals surface area contributed by atoms with E-state index in [1.807, 2.05) is 0 Å². The van der Waals surface area contributed by atoms with E-state index in [2.05, 4.69) is 0 Å². The average molecular weight is 273 g/mol. The number of aliphatic hydroxyl groups excluding tert-OH is 1. The van der Waals surface area contributed by atoms with Crippen LogP contribution in [0.15, 0.2) is 18.2 Å². The number of hydrogen-bond donors (Lipinski definition) is 1. The fraction of sp³-hybridized carbons (Fsp3) is 0.364. The normalized spacial score (nSPS) is 12.0. The zero-order valence-electron chi connectivity index (χ0n) is 9.96. The first-order valence-electron chi connectivity index (χ1n) is 5.20. The lowest BCUT2D eigenvalue weighted by molar-refractivity contribution is -0.384. The summed E-state index contributed by atoms with van der Waals surface area (Å²) in [6.45, 7) is 1.74. The van der Waals surface area contributed by atoms with Crippen LogP contribution in [0.4, 0.5) is 5.69 Å².